The number of carbonyl (C=O) groups excluding carboxylic acids is 2. The van der Waals surface area contributed by atoms with E-state index in [0.717, 1.165) is 6.42 Å². The molecular formula is C20H32N2O4. The van der Waals surface area contributed by atoms with Crippen molar-refractivity contribution in [2.24, 2.45) is 5.92 Å². The van der Waals surface area contributed by atoms with Crippen LogP contribution in [0, 0.1) is 5.92 Å². The van der Waals surface area contributed by atoms with Crippen molar-refractivity contribution < 1.29 is 19.1 Å². The van der Waals surface area contributed by atoms with Crippen LogP contribution in [0.4, 0.5) is 4.79 Å². The summed E-state index contributed by atoms with van der Waals surface area (Å²) in [5, 5.41) is 5.69. The Bertz CT molecular complexity index is 594. The largest absolute Gasteiger partial charge is 0.494 e. The molecule has 1 rings (SSSR count). The Kier molecular flexibility index (Phi) is 8.42. The van der Waals surface area contributed by atoms with Crippen LogP contribution in [0.5, 0.6) is 5.75 Å². The third kappa shape index (κ3) is 8.23. The number of hydrogen-bond donors (Lipinski definition) is 2. The molecule has 0 heterocycles. The van der Waals surface area contributed by atoms with E-state index >= 15 is 0 Å². The second-order valence-corrected chi connectivity index (χ2v) is 7.58. The molecule has 0 saturated carbocycles. The van der Waals surface area contributed by atoms with Crippen LogP contribution in [0.25, 0.3) is 0 Å². The first kappa shape index (κ1) is 21.8. The molecule has 146 valence electrons. The third-order valence-electron chi connectivity index (χ3n) is 3.56. The number of hydrogen-bond acceptors (Lipinski definition) is 4. The lowest BCUT2D eigenvalue weighted by molar-refractivity contribution is 0.0487. The van der Waals surface area contributed by atoms with Gasteiger partial charge in [-0.1, -0.05) is 26.8 Å². The molecule has 1 aromatic carbocycles. The molecular weight excluding hydrogens is 332 g/mol. The van der Waals surface area contributed by atoms with E-state index in [-0.39, 0.29) is 17.9 Å². The molecule has 2 amide bonds. The lowest BCUT2D eigenvalue weighted by Gasteiger charge is -2.26. The van der Waals surface area contributed by atoms with Gasteiger partial charge in [0, 0.05) is 12.1 Å². The fourth-order valence-electron chi connectivity index (χ4n) is 2.16. The molecule has 0 saturated heterocycles. The summed E-state index contributed by atoms with van der Waals surface area (Å²) < 4.78 is 10.8. The quantitative estimate of drug-likeness (QED) is 0.736. The molecule has 2 N–H and O–H groups in total. The molecule has 0 radical (unpaired) electrons. The summed E-state index contributed by atoms with van der Waals surface area (Å²) in [4.78, 5) is 24.4. The molecule has 0 aromatic heterocycles. The summed E-state index contributed by atoms with van der Waals surface area (Å²) in [6, 6.07) is 6.84. The summed E-state index contributed by atoms with van der Waals surface area (Å²) in [6.45, 7) is 12.3. The van der Waals surface area contributed by atoms with Crippen LogP contribution in [-0.2, 0) is 4.74 Å². The highest BCUT2D eigenvalue weighted by atomic mass is 16.6. The van der Waals surface area contributed by atoms with Crippen molar-refractivity contribution in [3.8, 4) is 5.75 Å². The molecule has 6 nitrogen and oxygen atoms in total. The van der Waals surface area contributed by atoms with Gasteiger partial charge in [-0.3, -0.25) is 4.79 Å². The van der Waals surface area contributed by atoms with Crippen LogP contribution in [0.1, 0.15) is 58.3 Å². The first-order chi connectivity index (χ1) is 12.1. The van der Waals surface area contributed by atoms with Gasteiger partial charge in [0.2, 0.25) is 0 Å². The zero-order valence-electron chi connectivity index (χ0n) is 16.7. The fraction of sp³-hybridized carbons (Fsp3) is 0.600. The van der Waals surface area contributed by atoms with E-state index in [4.69, 9.17) is 9.47 Å². The van der Waals surface area contributed by atoms with Crippen LogP contribution in [0.15, 0.2) is 24.3 Å². The Morgan fingerprint density at radius 1 is 1.19 bits per heavy atom. The maximum atomic E-state index is 12.4. The van der Waals surface area contributed by atoms with Crippen LogP contribution in [0.2, 0.25) is 0 Å². The standard InChI is InChI=1S/C20H32N2O4/c1-7-11-25-16-10-8-9-15(12-16)18(23)21-13-17(14(2)3)22-19(24)26-20(4,5)6/h8-10,12,14,17H,7,11,13H2,1-6H3,(H,21,23)(H,22,24)/t17-/m1/s1. The van der Waals surface area contributed by atoms with Crippen molar-refractivity contribution in [3.63, 3.8) is 0 Å². The molecule has 0 bridgehead atoms. The Hall–Kier alpha value is -2.24. The second-order valence-electron chi connectivity index (χ2n) is 7.58. The SMILES string of the molecule is CCCOc1cccc(C(=O)NC[C@@H](NC(=O)OC(C)(C)C)C(C)C)c1. The number of benzene rings is 1. The summed E-state index contributed by atoms with van der Waals surface area (Å²) in [7, 11) is 0. The maximum Gasteiger partial charge on any atom is 0.407 e. The summed E-state index contributed by atoms with van der Waals surface area (Å²) in [6.07, 6.45) is 0.420. The van der Waals surface area contributed by atoms with Crippen LogP contribution in [-0.4, -0.2) is 36.8 Å². The minimum absolute atomic E-state index is 0.141. The minimum atomic E-state index is -0.562. The van der Waals surface area contributed by atoms with Gasteiger partial charge in [-0.05, 0) is 51.3 Å². The minimum Gasteiger partial charge on any atom is -0.494 e. The Balaban J connectivity index is 2.63. The molecule has 1 atom stereocenters. The number of carbonyl (C=O) groups is 2. The van der Waals surface area contributed by atoms with Gasteiger partial charge in [-0.25, -0.2) is 4.79 Å². The van der Waals surface area contributed by atoms with Gasteiger partial charge in [-0.15, -0.1) is 0 Å². The first-order valence-electron chi connectivity index (χ1n) is 9.13. The number of ether oxygens (including phenoxy) is 2. The second kappa shape index (κ2) is 10.0. The summed E-state index contributed by atoms with van der Waals surface area (Å²) in [5.74, 6) is 0.609. The van der Waals surface area contributed by atoms with E-state index in [1.807, 2.05) is 47.6 Å². The average Bonchev–Trinajstić information content (AvgIpc) is 2.54. The van der Waals surface area contributed by atoms with Crippen molar-refractivity contribution in [1.29, 1.82) is 0 Å². The highest BCUT2D eigenvalue weighted by Crippen LogP contribution is 2.14. The Labute approximate surface area is 156 Å². The Morgan fingerprint density at radius 2 is 1.88 bits per heavy atom. The zero-order valence-corrected chi connectivity index (χ0v) is 16.7. The monoisotopic (exact) mass is 364 g/mol. The molecule has 6 heteroatoms. The normalized spacial score (nSPS) is 12.4. The number of rotatable bonds is 8. The first-order valence-corrected chi connectivity index (χ1v) is 9.13. The smallest absolute Gasteiger partial charge is 0.407 e. The van der Waals surface area contributed by atoms with Crippen LogP contribution in [0.3, 0.4) is 0 Å². The van der Waals surface area contributed by atoms with Crippen LogP contribution < -0.4 is 15.4 Å². The van der Waals surface area contributed by atoms with Gasteiger partial charge in [0.15, 0.2) is 0 Å². The molecule has 0 aliphatic heterocycles. The van der Waals surface area contributed by atoms with E-state index in [0.29, 0.717) is 24.5 Å². The van der Waals surface area contributed by atoms with Crippen molar-refractivity contribution in [1.82, 2.24) is 10.6 Å². The number of amides is 2. The van der Waals surface area contributed by atoms with Gasteiger partial charge in [0.1, 0.15) is 11.4 Å². The molecule has 0 aliphatic carbocycles. The zero-order chi connectivity index (χ0) is 19.7. The highest BCUT2D eigenvalue weighted by molar-refractivity contribution is 5.94. The topological polar surface area (TPSA) is 76.7 Å². The lowest BCUT2D eigenvalue weighted by atomic mass is 10.0. The van der Waals surface area contributed by atoms with Gasteiger partial charge < -0.3 is 20.1 Å². The molecule has 0 fully saturated rings. The van der Waals surface area contributed by atoms with Gasteiger partial charge in [0.05, 0.1) is 12.6 Å². The van der Waals surface area contributed by atoms with Crippen molar-refractivity contribution >= 4 is 12.0 Å². The number of nitrogens with one attached hydrogen (secondary N) is 2. The van der Waals surface area contributed by atoms with Crippen molar-refractivity contribution in [2.45, 2.75) is 59.6 Å². The van der Waals surface area contributed by atoms with Crippen LogP contribution >= 0.6 is 0 Å². The predicted octanol–water partition coefficient (Wildman–Crippen LogP) is 3.75. The molecule has 0 aliphatic rings. The number of alkyl carbamates (subject to hydrolysis) is 1. The van der Waals surface area contributed by atoms with Gasteiger partial charge in [0.25, 0.3) is 5.91 Å². The molecule has 26 heavy (non-hydrogen) atoms. The van der Waals surface area contributed by atoms with Crippen molar-refractivity contribution in [3.05, 3.63) is 29.8 Å². The van der Waals surface area contributed by atoms with Gasteiger partial charge >= 0.3 is 6.09 Å². The summed E-state index contributed by atoms with van der Waals surface area (Å²) in [5.41, 5.74) is -0.0354. The third-order valence-corrected chi connectivity index (χ3v) is 3.56. The lowest BCUT2D eigenvalue weighted by Crippen LogP contribution is -2.48. The molecule has 0 spiro atoms. The van der Waals surface area contributed by atoms with E-state index < -0.39 is 11.7 Å². The van der Waals surface area contributed by atoms with E-state index in [9.17, 15) is 9.59 Å². The van der Waals surface area contributed by atoms with Crippen molar-refractivity contribution in [2.75, 3.05) is 13.2 Å². The van der Waals surface area contributed by atoms with E-state index in [1.54, 1.807) is 18.2 Å². The Morgan fingerprint density at radius 3 is 2.46 bits per heavy atom. The fourth-order valence-corrected chi connectivity index (χ4v) is 2.16. The highest BCUT2D eigenvalue weighted by Gasteiger charge is 2.22. The molecule has 0 unspecified atom stereocenters. The molecule has 1 aromatic rings. The van der Waals surface area contributed by atoms with E-state index in [2.05, 4.69) is 10.6 Å². The average molecular weight is 364 g/mol. The van der Waals surface area contributed by atoms with E-state index in [1.165, 1.54) is 0 Å². The van der Waals surface area contributed by atoms with Gasteiger partial charge in [-0.2, -0.15) is 0 Å². The maximum absolute atomic E-state index is 12.4. The predicted molar refractivity (Wildman–Crippen MR) is 103 cm³/mol. The summed E-state index contributed by atoms with van der Waals surface area (Å²) >= 11 is 0.